The summed E-state index contributed by atoms with van der Waals surface area (Å²) in [6.45, 7) is 3.04. The van der Waals surface area contributed by atoms with Gasteiger partial charge in [-0.05, 0) is 25.7 Å². The molecule has 94 valence electrons. The summed E-state index contributed by atoms with van der Waals surface area (Å²) >= 11 is 0. The molecule has 5 nitrogen and oxygen atoms in total. The van der Waals surface area contributed by atoms with E-state index in [1.807, 2.05) is 6.92 Å². The Kier molecular flexibility index (Phi) is 5.55. The van der Waals surface area contributed by atoms with Gasteiger partial charge in [-0.15, -0.1) is 0 Å². The molecular formula is C11H23N3O2. The summed E-state index contributed by atoms with van der Waals surface area (Å²) in [5, 5.41) is 20.8. The van der Waals surface area contributed by atoms with E-state index in [9.17, 15) is 0 Å². The maximum absolute atomic E-state index is 8.90. The Balaban J connectivity index is 2.63. The van der Waals surface area contributed by atoms with Crippen LogP contribution in [-0.2, 0) is 0 Å². The highest BCUT2D eigenvalue weighted by Gasteiger charge is 2.31. The first-order chi connectivity index (χ1) is 7.74. The third kappa shape index (κ3) is 3.09. The van der Waals surface area contributed by atoms with Gasteiger partial charge in [0.15, 0.2) is 5.84 Å². The van der Waals surface area contributed by atoms with Gasteiger partial charge in [0, 0.05) is 19.2 Å². The number of hydrogen-bond acceptors (Lipinski definition) is 4. The molecule has 0 aromatic rings. The number of nitrogens with zero attached hydrogens (tertiary/aromatic N) is 2. The van der Waals surface area contributed by atoms with E-state index in [1.165, 1.54) is 19.3 Å². The summed E-state index contributed by atoms with van der Waals surface area (Å²) in [7, 11) is 0. The van der Waals surface area contributed by atoms with Crippen LogP contribution in [0.1, 0.15) is 39.0 Å². The van der Waals surface area contributed by atoms with E-state index in [-0.39, 0.29) is 18.5 Å². The van der Waals surface area contributed by atoms with Gasteiger partial charge in [0.05, 0.1) is 6.04 Å². The largest absolute Gasteiger partial charge is 0.409 e. The van der Waals surface area contributed by atoms with Gasteiger partial charge < -0.3 is 16.0 Å². The van der Waals surface area contributed by atoms with E-state index in [0.717, 1.165) is 19.4 Å². The summed E-state index contributed by atoms with van der Waals surface area (Å²) in [4.78, 5) is 2.27. The average Bonchev–Trinajstić information content (AvgIpc) is 2.23. The Labute approximate surface area is 96.9 Å². The molecule has 0 aromatic carbocycles. The van der Waals surface area contributed by atoms with E-state index in [0.29, 0.717) is 6.04 Å². The van der Waals surface area contributed by atoms with Crippen molar-refractivity contribution in [2.24, 2.45) is 10.9 Å². The van der Waals surface area contributed by atoms with Crippen molar-refractivity contribution in [1.82, 2.24) is 4.90 Å². The van der Waals surface area contributed by atoms with Gasteiger partial charge >= 0.3 is 0 Å². The van der Waals surface area contributed by atoms with Gasteiger partial charge in [0.1, 0.15) is 0 Å². The van der Waals surface area contributed by atoms with E-state index in [4.69, 9.17) is 16.0 Å². The third-order valence-electron chi connectivity index (χ3n) is 3.36. The van der Waals surface area contributed by atoms with Gasteiger partial charge in [-0.1, -0.05) is 18.5 Å². The molecule has 0 bridgehead atoms. The third-order valence-corrected chi connectivity index (χ3v) is 3.36. The molecule has 1 rings (SSSR count). The lowest BCUT2D eigenvalue weighted by Gasteiger charge is -2.41. The molecule has 0 heterocycles. The maximum Gasteiger partial charge on any atom is 0.156 e. The quantitative estimate of drug-likeness (QED) is 0.260. The highest BCUT2D eigenvalue weighted by Crippen LogP contribution is 2.27. The molecule has 1 atom stereocenters. The van der Waals surface area contributed by atoms with E-state index in [2.05, 4.69) is 10.1 Å². The van der Waals surface area contributed by atoms with Crippen molar-refractivity contribution >= 4 is 5.84 Å². The van der Waals surface area contributed by atoms with Crippen molar-refractivity contribution in [2.45, 2.75) is 51.1 Å². The zero-order chi connectivity index (χ0) is 12.0. The van der Waals surface area contributed by atoms with Gasteiger partial charge in [-0.2, -0.15) is 0 Å². The van der Waals surface area contributed by atoms with E-state index < -0.39 is 0 Å². The lowest BCUT2D eigenvalue weighted by molar-refractivity contribution is 0.0936. The highest BCUT2D eigenvalue weighted by molar-refractivity contribution is 5.85. The van der Waals surface area contributed by atoms with Crippen molar-refractivity contribution in [3.05, 3.63) is 0 Å². The Bertz CT molecular complexity index is 229. The molecule has 1 saturated carbocycles. The first kappa shape index (κ1) is 13.3. The van der Waals surface area contributed by atoms with Crippen LogP contribution in [0.15, 0.2) is 5.16 Å². The summed E-state index contributed by atoms with van der Waals surface area (Å²) in [5.41, 5.74) is 5.71. The van der Waals surface area contributed by atoms with Crippen molar-refractivity contribution in [3.63, 3.8) is 0 Å². The molecule has 1 aliphatic carbocycles. The lowest BCUT2D eigenvalue weighted by Crippen LogP contribution is -2.52. The molecule has 16 heavy (non-hydrogen) atoms. The van der Waals surface area contributed by atoms with Gasteiger partial charge in [-0.25, -0.2) is 0 Å². The predicted octanol–water partition coefficient (Wildman–Crippen LogP) is 0.748. The Morgan fingerprint density at radius 1 is 1.56 bits per heavy atom. The summed E-state index contributed by atoms with van der Waals surface area (Å²) in [5.74, 6) is 0.285. The summed E-state index contributed by atoms with van der Waals surface area (Å²) in [6.07, 6.45) is 5.19. The van der Waals surface area contributed by atoms with Crippen LogP contribution in [0.3, 0.4) is 0 Å². The minimum Gasteiger partial charge on any atom is -0.409 e. The standard InChI is InChI=1S/C11H23N3O2/c1-2-10(11(12)13-16)14(7-4-8-15)9-5-3-6-9/h9-10,15-16H,2-8H2,1H3,(H2,12,13). The van der Waals surface area contributed by atoms with Crippen molar-refractivity contribution in [1.29, 1.82) is 0 Å². The number of nitrogens with two attached hydrogens (primary N) is 1. The smallest absolute Gasteiger partial charge is 0.156 e. The number of hydrogen-bond donors (Lipinski definition) is 3. The second-order valence-electron chi connectivity index (χ2n) is 4.35. The monoisotopic (exact) mass is 229 g/mol. The van der Waals surface area contributed by atoms with Crippen LogP contribution in [0.2, 0.25) is 0 Å². The van der Waals surface area contributed by atoms with Crippen molar-refractivity contribution in [3.8, 4) is 0 Å². The van der Waals surface area contributed by atoms with Gasteiger partial charge in [-0.3, -0.25) is 4.90 Å². The number of rotatable bonds is 7. The van der Waals surface area contributed by atoms with Gasteiger partial charge in [0.25, 0.3) is 0 Å². The molecule has 0 aromatic heterocycles. The zero-order valence-electron chi connectivity index (χ0n) is 9.97. The fraction of sp³-hybridized carbons (Fsp3) is 0.909. The van der Waals surface area contributed by atoms with E-state index >= 15 is 0 Å². The van der Waals surface area contributed by atoms with Crippen LogP contribution >= 0.6 is 0 Å². The van der Waals surface area contributed by atoms with Crippen LogP contribution < -0.4 is 5.73 Å². The molecular weight excluding hydrogens is 206 g/mol. The second kappa shape index (κ2) is 6.70. The first-order valence-electron chi connectivity index (χ1n) is 6.08. The minimum absolute atomic E-state index is 0.00171. The fourth-order valence-electron chi connectivity index (χ4n) is 2.24. The molecule has 1 aliphatic rings. The summed E-state index contributed by atoms with van der Waals surface area (Å²) < 4.78 is 0. The topological polar surface area (TPSA) is 82.1 Å². The molecule has 1 unspecified atom stereocenters. The minimum atomic E-state index is 0.00171. The van der Waals surface area contributed by atoms with Crippen molar-refractivity contribution in [2.75, 3.05) is 13.2 Å². The van der Waals surface area contributed by atoms with Gasteiger partial charge in [0.2, 0.25) is 0 Å². The van der Waals surface area contributed by atoms with Crippen LogP contribution in [0.25, 0.3) is 0 Å². The molecule has 0 spiro atoms. The van der Waals surface area contributed by atoms with Crippen LogP contribution in [0.5, 0.6) is 0 Å². The SMILES string of the molecule is CCC(C(N)=NO)N(CCCO)C1CCC1. The Hall–Kier alpha value is -0.810. The number of aliphatic hydroxyl groups is 1. The Morgan fingerprint density at radius 2 is 2.25 bits per heavy atom. The maximum atomic E-state index is 8.90. The van der Waals surface area contributed by atoms with Crippen LogP contribution in [0.4, 0.5) is 0 Å². The normalized spacial score (nSPS) is 19.8. The second-order valence-corrected chi connectivity index (χ2v) is 4.35. The lowest BCUT2D eigenvalue weighted by atomic mass is 9.89. The molecule has 1 fully saturated rings. The molecule has 4 N–H and O–H groups in total. The fourth-order valence-corrected chi connectivity index (χ4v) is 2.24. The van der Waals surface area contributed by atoms with E-state index in [1.54, 1.807) is 0 Å². The number of aliphatic hydroxyl groups excluding tert-OH is 1. The molecule has 0 radical (unpaired) electrons. The molecule has 0 saturated heterocycles. The average molecular weight is 229 g/mol. The highest BCUT2D eigenvalue weighted by atomic mass is 16.4. The number of oxime groups is 1. The van der Waals surface area contributed by atoms with Crippen LogP contribution in [-0.4, -0.2) is 46.3 Å². The van der Waals surface area contributed by atoms with Crippen molar-refractivity contribution < 1.29 is 10.3 Å². The predicted molar refractivity (Wildman–Crippen MR) is 63.5 cm³/mol. The van der Waals surface area contributed by atoms with Crippen LogP contribution in [0, 0.1) is 0 Å². The zero-order valence-corrected chi connectivity index (χ0v) is 9.97. The summed E-state index contributed by atoms with van der Waals surface area (Å²) in [6, 6.07) is 0.540. The molecule has 5 heteroatoms. The number of amidine groups is 1. The first-order valence-corrected chi connectivity index (χ1v) is 6.08. The Morgan fingerprint density at radius 3 is 2.62 bits per heavy atom. The molecule has 0 amide bonds. The molecule has 0 aliphatic heterocycles.